The fraction of sp³-hybridized carbons (Fsp3) is 0.364. The lowest BCUT2D eigenvalue weighted by Crippen LogP contribution is -2.46. The molecule has 0 radical (unpaired) electrons. The number of rotatable bonds is 9. The predicted molar refractivity (Wildman–Crippen MR) is 134 cm³/mol. The number of aromatic nitrogens is 3. The molecule has 1 aromatic carbocycles. The van der Waals surface area contributed by atoms with Gasteiger partial charge in [0.2, 0.25) is 5.60 Å². The number of hydrogen-bond donors (Lipinski definition) is 4. The summed E-state index contributed by atoms with van der Waals surface area (Å²) in [6.45, 7) is -2.61. The van der Waals surface area contributed by atoms with Gasteiger partial charge in [0.15, 0.2) is 5.82 Å². The number of anilines is 1. The number of carbonyl (C=O) groups excluding carboxylic acids is 1. The summed E-state index contributed by atoms with van der Waals surface area (Å²) in [5.41, 5.74) is 4.64. The number of nitrogens with two attached hydrogens (primary N) is 1. The average Bonchev–Trinajstić information content (AvgIpc) is 3.43. The molecule has 1 aliphatic heterocycles. The molecule has 196 valence electrons. The summed E-state index contributed by atoms with van der Waals surface area (Å²) in [4.78, 5) is 15.9. The van der Waals surface area contributed by atoms with Gasteiger partial charge in [0.25, 0.3) is 0 Å². The number of hydrogen-bond acceptors (Lipinski definition) is 12. The van der Waals surface area contributed by atoms with Crippen LogP contribution >= 0.6 is 6.64 Å². The van der Waals surface area contributed by atoms with Crippen molar-refractivity contribution in [3.05, 3.63) is 54.5 Å². The SMILES string of the molecule is COC(=O)[C@H](C)NP(=S)(OC[C@@]1(C#N)O[C@@H](c2ccc3c(N)ncnn23)[C@H](O)[C@@H]1O)Oc1ccccc1. The second-order valence-electron chi connectivity index (χ2n) is 8.22. The zero-order valence-corrected chi connectivity index (χ0v) is 21.5. The molecule has 37 heavy (non-hydrogen) atoms. The first-order valence-electron chi connectivity index (χ1n) is 11.0. The van der Waals surface area contributed by atoms with E-state index in [1.165, 1.54) is 24.9 Å². The third kappa shape index (κ3) is 5.29. The van der Waals surface area contributed by atoms with Crippen molar-refractivity contribution in [3.63, 3.8) is 0 Å². The topological polar surface area (TPSA) is 186 Å². The number of nitrogens with one attached hydrogen (secondary N) is 1. The van der Waals surface area contributed by atoms with Crippen molar-refractivity contribution in [1.29, 1.82) is 5.26 Å². The van der Waals surface area contributed by atoms with E-state index in [9.17, 15) is 20.3 Å². The Morgan fingerprint density at radius 2 is 2.11 bits per heavy atom. The Labute approximate surface area is 216 Å². The maximum Gasteiger partial charge on any atom is 0.323 e. The van der Waals surface area contributed by atoms with E-state index < -0.39 is 49.2 Å². The number of esters is 1. The van der Waals surface area contributed by atoms with Gasteiger partial charge in [-0.2, -0.15) is 10.4 Å². The molecule has 0 aliphatic carbocycles. The Hall–Kier alpha value is -3.15. The van der Waals surface area contributed by atoms with Crippen LogP contribution in [0.3, 0.4) is 0 Å². The van der Waals surface area contributed by atoms with E-state index in [1.54, 1.807) is 42.5 Å². The normalized spacial score (nSPS) is 25.8. The molecule has 5 N–H and O–H groups in total. The molecule has 15 heteroatoms. The zero-order chi connectivity index (χ0) is 26.8. The van der Waals surface area contributed by atoms with Gasteiger partial charge >= 0.3 is 12.6 Å². The van der Waals surface area contributed by atoms with Gasteiger partial charge in [0.1, 0.15) is 54.6 Å². The molecule has 1 unspecified atom stereocenters. The van der Waals surface area contributed by atoms with E-state index in [-0.39, 0.29) is 5.82 Å². The van der Waals surface area contributed by atoms with Crippen LogP contribution in [0.25, 0.3) is 5.52 Å². The molecule has 2 aromatic heterocycles. The fourth-order valence-electron chi connectivity index (χ4n) is 3.83. The molecule has 13 nitrogen and oxygen atoms in total. The number of para-hydroxylation sites is 1. The third-order valence-corrected chi connectivity index (χ3v) is 8.24. The van der Waals surface area contributed by atoms with Gasteiger partial charge < -0.3 is 34.5 Å². The standard InChI is InChI=1S/C22H25N6O7PS/c1-13(21(31)32-2)27-36(37,35-14-6-4-3-5-7-14)33-11-22(10-23)19(30)17(29)18(34-22)15-8-9-16-20(24)25-12-26-28(15)16/h3-9,12-13,17-19,29-30H,11H2,1-2H3,(H,27,37)(H2,24,25,26)/t13-,17-,18-,19-,22+,36?/m0/s1. The monoisotopic (exact) mass is 548 g/mol. The quantitative estimate of drug-likeness (QED) is 0.218. The molecule has 6 atom stereocenters. The van der Waals surface area contributed by atoms with Crippen LogP contribution < -0.4 is 15.3 Å². The Bertz CT molecular complexity index is 1370. The van der Waals surface area contributed by atoms with Gasteiger partial charge in [-0.15, -0.1) is 0 Å². The lowest BCUT2D eigenvalue weighted by molar-refractivity contribution is -0.142. The minimum atomic E-state index is -3.53. The molecule has 0 spiro atoms. The second kappa shape index (κ2) is 10.7. The van der Waals surface area contributed by atoms with Gasteiger partial charge in [-0.05, 0) is 43.0 Å². The molecule has 0 saturated carbocycles. The number of nitrogens with zero attached hydrogens (tertiary/aromatic N) is 4. The first-order chi connectivity index (χ1) is 17.6. The summed E-state index contributed by atoms with van der Waals surface area (Å²) in [7, 11) is 1.22. The van der Waals surface area contributed by atoms with Crippen LogP contribution in [0.5, 0.6) is 5.75 Å². The van der Waals surface area contributed by atoms with Gasteiger partial charge in [-0.3, -0.25) is 4.79 Å². The average molecular weight is 549 g/mol. The van der Waals surface area contributed by atoms with Crippen LogP contribution in [0, 0.1) is 11.3 Å². The largest absolute Gasteiger partial charge is 0.468 e. The number of carbonyl (C=O) groups is 1. The molecule has 1 saturated heterocycles. The summed E-state index contributed by atoms with van der Waals surface area (Å²) < 4.78 is 23.8. The van der Waals surface area contributed by atoms with E-state index in [4.69, 9.17) is 36.1 Å². The number of nitriles is 1. The van der Waals surface area contributed by atoms with E-state index in [0.717, 1.165) is 0 Å². The number of benzene rings is 1. The number of nitrogen functional groups attached to an aromatic ring is 1. The van der Waals surface area contributed by atoms with Crippen molar-refractivity contribution in [2.24, 2.45) is 0 Å². The number of fused-ring (bicyclic) bond motifs is 1. The van der Waals surface area contributed by atoms with Crippen LogP contribution in [0.2, 0.25) is 0 Å². The van der Waals surface area contributed by atoms with Crippen LogP contribution in [-0.4, -0.2) is 68.3 Å². The van der Waals surface area contributed by atoms with Crippen LogP contribution in [-0.2, 0) is 30.6 Å². The van der Waals surface area contributed by atoms with Gasteiger partial charge in [-0.1, -0.05) is 18.2 Å². The van der Waals surface area contributed by atoms with E-state index in [0.29, 0.717) is 17.0 Å². The highest BCUT2D eigenvalue weighted by Gasteiger charge is 2.57. The highest BCUT2D eigenvalue weighted by Crippen LogP contribution is 2.48. The summed E-state index contributed by atoms with van der Waals surface area (Å²) in [5, 5.41) is 38.7. The van der Waals surface area contributed by atoms with Crippen molar-refractivity contribution in [2.45, 2.75) is 36.9 Å². The molecule has 1 aliphatic rings. The predicted octanol–water partition coefficient (Wildman–Crippen LogP) is 0.838. The minimum absolute atomic E-state index is 0.203. The maximum atomic E-state index is 12.0. The number of aliphatic hydroxyl groups excluding tert-OH is 2. The van der Waals surface area contributed by atoms with Gasteiger partial charge in [-0.25, -0.2) is 14.6 Å². The van der Waals surface area contributed by atoms with Crippen molar-refractivity contribution in [3.8, 4) is 11.8 Å². The number of ether oxygens (including phenoxy) is 2. The highest BCUT2D eigenvalue weighted by atomic mass is 32.5. The molecule has 3 heterocycles. The summed E-state index contributed by atoms with van der Waals surface area (Å²) >= 11 is 5.62. The molecular formula is C22H25N6O7PS. The smallest absolute Gasteiger partial charge is 0.323 e. The van der Waals surface area contributed by atoms with Crippen molar-refractivity contribution < 1.29 is 33.5 Å². The minimum Gasteiger partial charge on any atom is -0.468 e. The summed E-state index contributed by atoms with van der Waals surface area (Å²) in [6, 6.07) is 12.7. The lowest BCUT2D eigenvalue weighted by Gasteiger charge is -2.30. The first-order valence-corrected chi connectivity index (χ1v) is 13.6. The molecule has 0 bridgehead atoms. The Balaban J connectivity index is 1.60. The van der Waals surface area contributed by atoms with Crippen LogP contribution in [0.4, 0.5) is 5.82 Å². The molecule has 1 fully saturated rings. The second-order valence-corrected chi connectivity index (χ2v) is 11.4. The van der Waals surface area contributed by atoms with Crippen LogP contribution in [0.15, 0.2) is 48.8 Å². The highest BCUT2D eigenvalue weighted by molar-refractivity contribution is 8.09. The van der Waals surface area contributed by atoms with Crippen LogP contribution in [0.1, 0.15) is 18.7 Å². The molecule has 4 rings (SSSR count). The van der Waals surface area contributed by atoms with Gasteiger partial charge in [0.05, 0.1) is 12.8 Å². The Morgan fingerprint density at radius 3 is 2.78 bits per heavy atom. The lowest BCUT2D eigenvalue weighted by atomic mass is 9.96. The summed E-state index contributed by atoms with van der Waals surface area (Å²) in [6.07, 6.45) is -3.14. The summed E-state index contributed by atoms with van der Waals surface area (Å²) in [5.74, 6) is -0.0589. The zero-order valence-electron chi connectivity index (χ0n) is 19.8. The van der Waals surface area contributed by atoms with Crippen molar-refractivity contribution in [1.82, 2.24) is 19.7 Å². The van der Waals surface area contributed by atoms with Crippen molar-refractivity contribution >= 4 is 35.8 Å². The number of aliphatic hydroxyl groups is 2. The first kappa shape index (κ1) is 26.9. The third-order valence-electron chi connectivity index (χ3n) is 5.76. The Morgan fingerprint density at radius 1 is 1.38 bits per heavy atom. The Kier molecular flexibility index (Phi) is 7.77. The van der Waals surface area contributed by atoms with E-state index in [2.05, 4.69) is 15.2 Å². The van der Waals surface area contributed by atoms with Crippen molar-refractivity contribution in [2.75, 3.05) is 19.5 Å². The van der Waals surface area contributed by atoms with E-state index in [1.807, 2.05) is 6.07 Å². The maximum absolute atomic E-state index is 12.0. The fourth-order valence-corrected chi connectivity index (χ4v) is 6.24. The molecule has 3 aromatic rings. The van der Waals surface area contributed by atoms with E-state index >= 15 is 0 Å². The molecular weight excluding hydrogens is 523 g/mol. The number of methoxy groups -OCH3 is 1. The van der Waals surface area contributed by atoms with Gasteiger partial charge in [0, 0.05) is 0 Å². The molecule has 0 amide bonds.